The summed E-state index contributed by atoms with van der Waals surface area (Å²) in [6.07, 6.45) is 4.29. The van der Waals surface area contributed by atoms with Crippen LogP contribution < -0.4 is 27.0 Å². The third-order valence-electron chi connectivity index (χ3n) is 6.96. The molecular formula is C24H28F2N6O2S. The van der Waals surface area contributed by atoms with Gasteiger partial charge >= 0.3 is 0 Å². The van der Waals surface area contributed by atoms with Gasteiger partial charge in [-0.3, -0.25) is 9.78 Å². The van der Waals surface area contributed by atoms with E-state index in [0.717, 1.165) is 48.0 Å². The van der Waals surface area contributed by atoms with E-state index in [1.54, 1.807) is 6.92 Å². The van der Waals surface area contributed by atoms with E-state index in [2.05, 4.69) is 9.88 Å². The highest BCUT2D eigenvalue weighted by molar-refractivity contribution is 8.03. The molecule has 0 saturated carbocycles. The van der Waals surface area contributed by atoms with Crippen molar-refractivity contribution in [2.45, 2.75) is 49.6 Å². The molecule has 1 aliphatic carbocycles. The van der Waals surface area contributed by atoms with Crippen molar-refractivity contribution in [2.24, 2.45) is 17.2 Å². The summed E-state index contributed by atoms with van der Waals surface area (Å²) in [5.41, 5.74) is 19.4. The highest BCUT2D eigenvalue weighted by atomic mass is 32.2. The predicted octanol–water partition coefficient (Wildman–Crippen LogP) is 2.31. The summed E-state index contributed by atoms with van der Waals surface area (Å²) in [5.74, 6) is -2.34. The minimum Gasteiger partial charge on any atom is -0.392 e. The molecule has 7 N–H and O–H groups in total. The standard InChI is InChI=1S/C24H28F2N6O2S/c1-24(34)8-7-13-18(31-9-3-4-12(27)11-31)16(10-30-20(13)24)32-19(21(28)33)22(29)35-23(32)17-14(25)5-2-6-15(17)26/h2,5-6,10,12,23,34H,3-4,7-9,11,27,29H2,1H3,(H2,28,33)/t12-,23?,24+/m0/s1. The van der Waals surface area contributed by atoms with Crippen LogP contribution in [0.1, 0.15) is 48.4 Å². The van der Waals surface area contributed by atoms with Gasteiger partial charge < -0.3 is 32.1 Å². The number of aromatic nitrogens is 1. The number of piperidine rings is 1. The second-order valence-electron chi connectivity index (χ2n) is 9.49. The van der Waals surface area contributed by atoms with Crippen molar-refractivity contribution in [2.75, 3.05) is 22.9 Å². The first-order chi connectivity index (χ1) is 16.6. The molecule has 2 aromatic rings. The lowest BCUT2D eigenvalue weighted by Crippen LogP contribution is -2.44. The Hall–Kier alpha value is -2.89. The molecule has 2 aliphatic heterocycles. The second kappa shape index (κ2) is 8.65. The average Bonchev–Trinajstić information content (AvgIpc) is 3.29. The van der Waals surface area contributed by atoms with Gasteiger partial charge in [0.15, 0.2) is 0 Å². The maximum absolute atomic E-state index is 14.9. The number of benzene rings is 1. The normalized spacial score (nSPS) is 26.4. The van der Waals surface area contributed by atoms with Crippen molar-refractivity contribution >= 4 is 29.0 Å². The van der Waals surface area contributed by atoms with Crippen molar-refractivity contribution in [1.82, 2.24) is 4.98 Å². The molecule has 11 heteroatoms. The number of pyridine rings is 1. The van der Waals surface area contributed by atoms with Crippen LogP contribution in [-0.4, -0.2) is 35.1 Å². The largest absolute Gasteiger partial charge is 0.392 e. The van der Waals surface area contributed by atoms with Crippen LogP contribution in [0, 0.1) is 11.6 Å². The molecule has 0 spiro atoms. The Kier molecular flexibility index (Phi) is 5.89. The topological polar surface area (TPSA) is 135 Å². The van der Waals surface area contributed by atoms with Gasteiger partial charge in [0.2, 0.25) is 0 Å². The number of hydrogen-bond donors (Lipinski definition) is 4. The molecule has 1 saturated heterocycles. The number of carbonyl (C=O) groups is 1. The summed E-state index contributed by atoms with van der Waals surface area (Å²) in [4.78, 5) is 20.7. The molecule has 1 aromatic heterocycles. The zero-order valence-corrected chi connectivity index (χ0v) is 20.1. The number of thioether (sulfide) groups is 1. The molecule has 1 unspecified atom stereocenters. The van der Waals surface area contributed by atoms with E-state index in [4.69, 9.17) is 17.2 Å². The first kappa shape index (κ1) is 23.8. The third kappa shape index (κ3) is 3.91. The molecule has 35 heavy (non-hydrogen) atoms. The van der Waals surface area contributed by atoms with E-state index in [0.29, 0.717) is 37.3 Å². The summed E-state index contributed by atoms with van der Waals surface area (Å²) in [7, 11) is 0. The number of primary amides is 1. The number of carbonyl (C=O) groups excluding carboxylic acids is 1. The molecule has 1 amide bonds. The second-order valence-corrected chi connectivity index (χ2v) is 10.6. The number of aliphatic hydroxyl groups is 1. The van der Waals surface area contributed by atoms with Gasteiger partial charge in [-0.25, -0.2) is 8.78 Å². The Morgan fingerprint density at radius 1 is 1.31 bits per heavy atom. The van der Waals surface area contributed by atoms with Gasteiger partial charge in [0.25, 0.3) is 5.91 Å². The molecule has 186 valence electrons. The molecule has 1 aromatic carbocycles. The Morgan fingerprint density at radius 3 is 2.69 bits per heavy atom. The number of hydrogen-bond acceptors (Lipinski definition) is 8. The first-order valence-corrected chi connectivity index (χ1v) is 12.4. The minimum atomic E-state index is -1.11. The van der Waals surface area contributed by atoms with E-state index in [9.17, 15) is 18.7 Å². The van der Waals surface area contributed by atoms with Crippen molar-refractivity contribution < 1.29 is 18.7 Å². The van der Waals surface area contributed by atoms with Gasteiger partial charge in [-0.05, 0) is 44.7 Å². The van der Waals surface area contributed by atoms with Crippen LogP contribution in [0.25, 0.3) is 0 Å². The van der Waals surface area contributed by atoms with Crippen molar-refractivity contribution in [1.29, 1.82) is 0 Å². The van der Waals surface area contributed by atoms with E-state index in [1.165, 1.54) is 17.2 Å². The van der Waals surface area contributed by atoms with Gasteiger partial charge in [0.1, 0.15) is 28.3 Å². The van der Waals surface area contributed by atoms with Crippen LogP contribution in [0.5, 0.6) is 0 Å². The summed E-state index contributed by atoms with van der Waals surface area (Å²) >= 11 is 0.957. The van der Waals surface area contributed by atoms with Crippen molar-refractivity contribution in [3.8, 4) is 0 Å². The number of amides is 1. The summed E-state index contributed by atoms with van der Waals surface area (Å²) in [5, 5.41) is 9.99. The lowest BCUT2D eigenvalue weighted by Gasteiger charge is -2.38. The van der Waals surface area contributed by atoms with Crippen molar-refractivity contribution in [3.63, 3.8) is 0 Å². The van der Waals surface area contributed by atoms with E-state index in [-0.39, 0.29) is 22.3 Å². The molecule has 3 heterocycles. The number of rotatable bonds is 4. The molecule has 0 radical (unpaired) electrons. The maximum atomic E-state index is 14.9. The lowest BCUT2D eigenvalue weighted by atomic mass is 10.0. The fourth-order valence-corrected chi connectivity index (χ4v) is 6.57. The van der Waals surface area contributed by atoms with E-state index >= 15 is 0 Å². The zero-order chi connectivity index (χ0) is 25.1. The minimum absolute atomic E-state index is 0.0447. The number of halogens is 2. The van der Waals surface area contributed by atoms with Crippen LogP contribution >= 0.6 is 11.8 Å². The fourth-order valence-electron chi connectivity index (χ4n) is 5.35. The van der Waals surface area contributed by atoms with Crippen LogP contribution in [0.2, 0.25) is 0 Å². The van der Waals surface area contributed by atoms with Crippen LogP contribution in [0.3, 0.4) is 0 Å². The lowest BCUT2D eigenvalue weighted by molar-refractivity contribution is -0.114. The fraction of sp³-hybridized carbons (Fsp3) is 0.417. The number of fused-ring (bicyclic) bond motifs is 1. The summed E-state index contributed by atoms with van der Waals surface area (Å²) in [6, 6.07) is 3.55. The Bertz CT molecular complexity index is 1220. The Balaban J connectivity index is 1.75. The average molecular weight is 503 g/mol. The maximum Gasteiger partial charge on any atom is 0.268 e. The van der Waals surface area contributed by atoms with Crippen LogP contribution in [-0.2, 0) is 16.8 Å². The molecular weight excluding hydrogens is 474 g/mol. The third-order valence-corrected chi connectivity index (χ3v) is 8.08. The van der Waals surface area contributed by atoms with E-state index in [1.807, 2.05) is 0 Å². The van der Waals surface area contributed by atoms with Crippen LogP contribution in [0.4, 0.5) is 20.2 Å². The molecule has 5 rings (SSSR count). The highest BCUT2D eigenvalue weighted by Crippen LogP contribution is 2.53. The number of nitrogens with two attached hydrogens (primary N) is 3. The Morgan fingerprint density at radius 2 is 2.03 bits per heavy atom. The monoisotopic (exact) mass is 502 g/mol. The molecule has 0 bridgehead atoms. The smallest absolute Gasteiger partial charge is 0.268 e. The van der Waals surface area contributed by atoms with Gasteiger partial charge in [-0.2, -0.15) is 0 Å². The zero-order valence-electron chi connectivity index (χ0n) is 19.3. The van der Waals surface area contributed by atoms with Gasteiger partial charge in [-0.15, -0.1) is 0 Å². The Labute approximate surface area is 206 Å². The van der Waals surface area contributed by atoms with Crippen LogP contribution in [0.15, 0.2) is 35.1 Å². The molecule has 1 fully saturated rings. The SMILES string of the molecule is C[C@@]1(O)CCc2c1ncc(N1C(C(N)=O)=C(N)SC1c1c(F)cccc1F)c2N1CCC[C@H](N)C1. The van der Waals surface area contributed by atoms with Gasteiger partial charge in [0, 0.05) is 24.7 Å². The quantitative estimate of drug-likeness (QED) is 0.500. The molecule has 3 atom stereocenters. The number of nitrogens with zero attached hydrogens (tertiary/aromatic N) is 3. The highest BCUT2D eigenvalue weighted by Gasteiger charge is 2.44. The summed E-state index contributed by atoms with van der Waals surface area (Å²) < 4.78 is 29.9. The molecule has 8 nitrogen and oxygen atoms in total. The van der Waals surface area contributed by atoms with Gasteiger partial charge in [-0.1, -0.05) is 17.8 Å². The van der Waals surface area contributed by atoms with E-state index < -0.39 is 28.5 Å². The number of anilines is 2. The summed E-state index contributed by atoms with van der Waals surface area (Å²) in [6.45, 7) is 2.97. The van der Waals surface area contributed by atoms with Crippen molar-refractivity contribution in [3.05, 3.63) is 63.6 Å². The molecule has 3 aliphatic rings. The predicted molar refractivity (Wildman–Crippen MR) is 131 cm³/mol. The van der Waals surface area contributed by atoms with Gasteiger partial charge in [0.05, 0.1) is 33.9 Å². The first-order valence-electron chi connectivity index (χ1n) is 11.5.